The van der Waals surface area contributed by atoms with Gasteiger partial charge < -0.3 is 14.2 Å². The number of nitrogens with zero attached hydrogens (tertiary/aromatic N) is 2. The van der Waals surface area contributed by atoms with E-state index < -0.39 is 0 Å². The molecule has 0 N–H and O–H groups in total. The lowest BCUT2D eigenvalue weighted by atomic mass is 10.1. The van der Waals surface area contributed by atoms with Crippen LogP contribution in [0.4, 0.5) is 0 Å². The lowest BCUT2D eigenvalue weighted by molar-refractivity contribution is -0.142. The maximum absolute atomic E-state index is 11.9. The number of aromatic nitrogens is 2. The SMILES string of the molecule is CCOC(=O)Cc1ccccc1OCc1c2cc(Br)ccc2nn1C1CCOC1. The topological polar surface area (TPSA) is 62.6 Å². The summed E-state index contributed by atoms with van der Waals surface area (Å²) in [5.74, 6) is 0.421. The van der Waals surface area contributed by atoms with Crippen LogP contribution in [0.3, 0.4) is 0 Å². The highest BCUT2D eigenvalue weighted by atomic mass is 79.9. The second-order valence-corrected chi connectivity index (χ2v) is 7.86. The van der Waals surface area contributed by atoms with E-state index >= 15 is 0 Å². The normalized spacial score (nSPS) is 16.3. The van der Waals surface area contributed by atoms with Gasteiger partial charge in [0.05, 0.1) is 36.9 Å². The summed E-state index contributed by atoms with van der Waals surface area (Å²) in [5.41, 5.74) is 2.74. The molecule has 0 radical (unpaired) electrons. The van der Waals surface area contributed by atoms with E-state index in [1.165, 1.54) is 0 Å². The van der Waals surface area contributed by atoms with E-state index in [4.69, 9.17) is 19.3 Å². The maximum Gasteiger partial charge on any atom is 0.310 e. The van der Waals surface area contributed by atoms with E-state index in [-0.39, 0.29) is 18.4 Å². The highest BCUT2D eigenvalue weighted by Crippen LogP contribution is 2.30. The van der Waals surface area contributed by atoms with Gasteiger partial charge in [-0.15, -0.1) is 0 Å². The van der Waals surface area contributed by atoms with E-state index in [0.29, 0.717) is 25.6 Å². The fraction of sp³-hybridized carbons (Fsp3) is 0.364. The van der Waals surface area contributed by atoms with Crippen LogP contribution in [0.25, 0.3) is 10.9 Å². The minimum Gasteiger partial charge on any atom is -0.487 e. The van der Waals surface area contributed by atoms with E-state index in [0.717, 1.165) is 39.7 Å². The van der Waals surface area contributed by atoms with Crippen LogP contribution in [-0.4, -0.2) is 35.6 Å². The summed E-state index contributed by atoms with van der Waals surface area (Å²) in [6.07, 6.45) is 1.12. The van der Waals surface area contributed by atoms with Crippen molar-refractivity contribution in [3.63, 3.8) is 0 Å². The number of para-hydroxylation sites is 1. The number of ether oxygens (including phenoxy) is 3. The van der Waals surface area contributed by atoms with Crippen LogP contribution in [0, 0.1) is 0 Å². The Morgan fingerprint density at radius 2 is 2.17 bits per heavy atom. The average Bonchev–Trinajstić information content (AvgIpc) is 3.35. The molecular weight excluding hydrogens is 436 g/mol. The second-order valence-electron chi connectivity index (χ2n) is 6.95. The second kappa shape index (κ2) is 8.97. The first-order valence-electron chi connectivity index (χ1n) is 9.76. The van der Waals surface area contributed by atoms with Crippen LogP contribution in [0.2, 0.25) is 0 Å². The Hall–Kier alpha value is -2.38. The van der Waals surface area contributed by atoms with Gasteiger partial charge in [-0.25, -0.2) is 0 Å². The molecule has 1 unspecified atom stereocenters. The van der Waals surface area contributed by atoms with Crippen molar-refractivity contribution in [2.75, 3.05) is 19.8 Å². The minimum atomic E-state index is -0.258. The molecule has 1 atom stereocenters. The highest BCUT2D eigenvalue weighted by molar-refractivity contribution is 9.10. The molecule has 3 aromatic rings. The van der Waals surface area contributed by atoms with Gasteiger partial charge in [0, 0.05) is 22.0 Å². The molecule has 1 fully saturated rings. The molecule has 0 aliphatic carbocycles. The molecule has 2 aromatic carbocycles. The fourth-order valence-corrected chi connectivity index (χ4v) is 3.95. The summed E-state index contributed by atoms with van der Waals surface area (Å²) < 4.78 is 19.9. The molecule has 1 aliphatic rings. The Labute approximate surface area is 177 Å². The van der Waals surface area contributed by atoms with E-state index in [1.807, 2.05) is 41.1 Å². The maximum atomic E-state index is 11.9. The molecule has 0 spiro atoms. The van der Waals surface area contributed by atoms with Crippen molar-refractivity contribution in [2.24, 2.45) is 0 Å². The predicted molar refractivity (Wildman–Crippen MR) is 113 cm³/mol. The Kier molecular flexibility index (Phi) is 6.16. The molecule has 7 heteroatoms. The zero-order valence-corrected chi connectivity index (χ0v) is 17.9. The molecule has 0 bridgehead atoms. The first kappa shape index (κ1) is 19.9. The first-order chi connectivity index (χ1) is 14.2. The van der Waals surface area contributed by atoms with E-state index in [9.17, 15) is 4.79 Å². The first-order valence-corrected chi connectivity index (χ1v) is 10.6. The minimum absolute atomic E-state index is 0.187. The smallest absolute Gasteiger partial charge is 0.310 e. The molecule has 6 nitrogen and oxygen atoms in total. The quantitative estimate of drug-likeness (QED) is 0.489. The zero-order valence-electron chi connectivity index (χ0n) is 16.3. The average molecular weight is 459 g/mol. The van der Waals surface area contributed by atoms with E-state index in [1.54, 1.807) is 6.92 Å². The zero-order chi connectivity index (χ0) is 20.2. The van der Waals surface area contributed by atoms with Crippen molar-refractivity contribution in [2.45, 2.75) is 32.4 Å². The number of carbonyl (C=O) groups is 1. The molecule has 29 heavy (non-hydrogen) atoms. The van der Waals surface area contributed by atoms with Gasteiger partial charge in [-0.3, -0.25) is 9.48 Å². The van der Waals surface area contributed by atoms with Crippen LogP contribution in [0.5, 0.6) is 5.75 Å². The van der Waals surface area contributed by atoms with Gasteiger partial charge in [-0.1, -0.05) is 34.1 Å². The third-order valence-electron chi connectivity index (χ3n) is 4.99. The largest absolute Gasteiger partial charge is 0.487 e. The fourth-order valence-electron chi connectivity index (χ4n) is 3.59. The number of hydrogen-bond donors (Lipinski definition) is 0. The monoisotopic (exact) mass is 458 g/mol. The Morgan fingerprint density at radius 1 is 1.31 bits per heavy atom. The van der Waals surface area contributed by atoms with Gasteiger partial charge in [-0.05, 0) is 37.6 Å². The number of rotatable bonds is 7. The summed E-state index contributed by atoms with van der Waals surface area (Å²) >= 11 is 3.55. The lowest BCUT2D eigenvalue weighted by Gasteiger charge is -2.15. The molecule has 1 aromatic heterocycles. The predicted octanol–water partition coefficient (Wildman–Crippen LogP) is 4.44. The number of halogens is 1. The van der Waals surface area contributed by atoms with Gasteiger partial charge in [-0.2, -0.15) is 5.10 Å². The summed E-state index contributed by atoms with van der Waals surface area (Å²) in [4.78, 5) is 11.9. The molecule has 4 rings (SSSR count). The Bertz CT molecular complexity index is 1010. The van der Waals surface area contributed by atoms with E-state index in [2.05, 4.69) is 22.0 Å². The number of carbonyl (C=O) groups excluding carboxylic acids is 1. The third-order valence-corrected chi connectivity index (χ3v) is 5.48. The summed E-state index contributed by atoms with van der Waals surface area (Å²) in [6, 6.07) is 13.8. The van der Waals surface area contributed by atoms with Crippen LogP contribution in [-0.2, 0) is 27.3 Å². The van der Waals surface area contributed by atoms with Crippen LogP contribution in [0.15, 0.2) is 46.9 Å². The highest BCUT2D eigenvalue weighted by Gasteiger charge is 2.24. The van der Waals surface area contributed by atoms with Crippen molar-refractivity contribution < 1.29 is 19.0 Å². The molecule has 2 heterocycles. The molecule has 0 amide bonds. The van der Waals surface area contributed by atoms with Gasteiger partial charge in [0.15, 0.2) is 0 Å². The number of esters is 1. The number of fused-ring (bicyclic) bond motifs is 1. The summed E-state index contributed by atoms with van der Waals surface area (Å²) in [6.45, 7) is 3.92. The van der Waals surface area contributed by atoms with Crippen molar-refractivity contribution in [3.8, 4) is 5.75 Å². The van der Waals surface area contributed by atoms with Gasteiger partial charge in [0.25, 0.3) is 0 Å². The molecule has 1 aliphatic heterocycles. The Morgan fingerprint density at radius 3 is 2.97 bits per heavy atom. The van der Waals surface area contributed by atoms with Crippen molar-refractivity contribution in [1.82, 2.24) is 9.78 Å². The van der Waals surface area contributed by atoms with Crippen molar-refractivity contribution >= 4 is 32.8 Å². The van der Waals surface area contributed by atoms with Crippen LogP contribution < -0.4 is 4.74 Å². The number of hydrogen-bond acceptors (Lipinski definition) is 5. The van der Waals surface area contributed by atoms with Crippen LogP contribution >= 0.6 is 15.9 Å². The van der Waals surface area contributed by atoms with Gasteiger partial charge >= 0.3 is 5.97 Å². The Balaban J connectivity index is 1.62. The summed E-state index contributed by atoms with van der Waals surface area (Å²) in [5, 5.41) is 5.86. The molecular formula is C22H23BrN2O4. The van der Waals surface area contributed by atoms with Crippen LogP contribution in [0.1, 0.15) is 30.6 Å². The van der Waals surface area contributed by atoms with Crippen molar-refractivity contribution in [3.05, 3.63) is 58.2 Å². The van der Waals surface area contributed by atoms with Crippen molar-refractivity contribution in [1.29, 1.82) is 0 Å². The summed E-state index contributed by atoms with van der Waals surface area (Å²) in [7, 11) is 0. The molecule has 1 saturated heterocycles. The molecule has 0 saturated carbocycles. The number of benzene rings is 2. The van der Waals surface area contributed by atoms with Gasteiger partial charge in [0.1, 0.15) is 12.4 Å². The molecule has 152 valence electrons. The van der Waals surface area contributed by atoms with Gasteiger partial charge in [0.2, 0.25) is 0 Å². The lowest BCUT2D eigenvalue weighted by Crippen LogP contribution is -2.15. The standard InChI is InChI=1S/C22H23BrN2O4/c1-2-28-22(26)11-15-5-3-4-6-21(15)29-14-20-18-12-16(23)7-8-19(18)24-25(20)17-9-10-27-13-17/h3-8,12,17H,2,9-11,13-14H2,1H3. The third kappa shape index (κ3) is 4.46.